The summed E-state index contributed by atoms with van der Waals surface area (Å²) in [6.07, 6.45) is 5.48. The fourth-order valence-corrected chi connectivity index (χ4v) is 7.22. The average Bonchev–Trinajstić information content (AvgIpc) is 3.54. The molecule has 36 heavy (non-hydrogen) atoms. The van der Waals surface area contributed by atoms with Crippen molar-refractivity contribution in [3.05, 3.63) is 46.6 Å². The van der Waals surface area contributed by atoms with Crippen molar-refractivity contribution in [1.82, 2.24) is 10.3 Å². The third-order valence-electron chi connectivity index (χ3n) is 8.52. The number of carbonyl (C=O) groups is 2. The molecule has 3 saturated carbocycles. The highest BCUT2D eigenvalue weighted by Crippen LogP contribution is 2.65. The first-order valence-electron chi connectivity index (χ1n) is 12.2. The average molecular weight is 528 g/mol. The number of fused-ring (bicyclic) bond motifs is 1. The zero-order valence-electron chi connectivity index (χ0n) is 20.2. The Morgan fingerprint density at radius 3 is 2.81 bits per heavy atom. The van der Waals surface area contributed by atoms with E-state index in [1.165, 1.54) is 6.20 Å². The SMILES string of the molecule is CC1(C)[C@@H]2C[C@H]3OB([C@H](Cc4coc5ccccc45)NC(=O)C(=O)Nc4ncc(Cl)s4)O[C@@]3(C)[C@H]1C2. The lowest BCUT2D eigenvalue weighted by Gasteiger charge is -2.64. The number of hydrogen-bond donors (Lipinski definition) is 2. The lowest BCUT2D eigenvalue weighted by Crippen LogP contribution is -2.65. The number of carbonyl (C=O) groups excluding carboxylic acids is 2. The van der Waals surface area contributed by atoms with Gasteiger partial charge in [0.25, 0.3) is 0 Å². The number of hydrogen-bond acceptors (Lipinski definition) is 7. The number of nitrogens with zero attached hydrogens (tertiary/aromatic N) is 1. The number of nitrogens with one attached hydrogen (secondary N) is 2. The molecule has 1 aromatic carbocycles. The second-order valence-electron chi connectivity index (χ2n) is 10.8. The molecule has 4 fully saturated rings. The number of aromatic nitrogens is 1. The van der Waals surface area contributed by atoms with E-state index in [1.54, 1.807) is 6.26 Å². The smallest absolute Gasteiger partial charge is 0.464 e. The van der Waals surface area contributed by atoms with Crippen molar-refractivity contribution in [3.8, 4) is 0 Å². The highest BCUT2D eigenvalue weighted by atomic mass is 35.5. The van der Waals surface area contributed by atoms with Crippen LogP contribution >= 0.6 is 22.9 Å². The topological polar surface area (TPSA) is 103 Å². The molecule has 2 aromatic heterocycles. The Labute approximate surface area is 218 Å². The van der Waals surface area contributed by atoms with Crippen molar-refractivity contribution in [2.45, 2.75) is 57.7 Å². The van der Waals surface area contributed by atoms with Crippen LogP contribution < -0.4 is 10.6 Å². The summed E-state index contributed by atoms with van der Waals surface area (Å²) in [7, 11) is -0.699. The molecule has 3 aromatic rings. The third-order valence-corrected chi connectivity index (χ3v) is 9.55. The van der Waals surface area contributed by atoms with Crippen LogP contribution in [0.5, 0.6) is 0 Å². The molecule has 1 saturated heterocycles. The molecule has 2 bridgehead atoms. The van der Waals surface area contributed by atoms with Crippen molar-refractivity contribution < 1.29 is 23.3 Å². The maximum Gasteiger partial charge on any atom is 0.482 e. The van der Waals surface area contributed by atoms with Crippen LogP contribution in [-0.2, 0) is 25.3 Å². The number of anilines is 1. The molecule has 11 heteroatoms. The van der Waals surface area contributed by atoms with Gasteiger partial charge in [-0.3, -0.25) is 14.9 Å². The van der Waals surface area contributed by atoms with Gasteiger partial charge in [-0.2, -0.15) is 0 Å². The van der Waals surface area contributed by atoms with Crippen LogP contribution in [0.2, 0.25) is 4.34 Å². The molecule has 5 atom stereocenters. The quantitative estimate of drug-likeness (QED) is 0.375. The van der Waals surface area contributed by atoms with E-state index in [-0.39, 0.29) is 16.7 Å². The lowest BCUT2D eigenvalue weighted by molar-refractivity contribution is -0.199. The zero-order chi connectivity index (χ0) is 25.2. The number of rotatable bonds is 5. The zero-order valence-corrected chi connectivity index (χ0v) is 21.8. The van der Waals surface area contributed by atoms with Crippen LogP contribution in [0.25, 0.3) is 11.0 Å². The fourth-order valence-electron chi connectivity index (χ4n) is 6.41. The number of benzene rings is 1. The van der Waals surface area contributed by atoms with Crippen LogP contribution in [0.4, 0.5) is 5.13 Å². The first-order chi connectivity index (χ1) is 17.1. The summed E-state index contributed by atoms with van der Waals surface area (Å²) in [5.74, 6) is -1.25. The third kappa shape index (κ3) is 3.86. The number of para-hydroxylation sites is 1. The van der Waals surface area contributed by atoms with Crippen molar-refractivity contribution in [2.24, 2.45) is 17.3 Å². The maximum absolute atomic E-state index is 13.0. The molecule has 4 aliphatic rings. The van der Waals surface area contributed by atoms with E-state index in [1.807, 2.05) is 24.3 Å². The fraction of sp³-hybridized carbons (Fsp3) is 0.480. The van der Waals surface area contributed by atoms with Crippen LogP contribution in [0.15, 0.2) is 41.1 Å². The number of furan rings is 1. The van der Waals surface area contributed by atoms with E-state index in [9.17, 15) is 9.59 Å². The minimum Gasteiger partial charge on any atom is -0.464 e. The van der Waals surface area contributed by atoms with E-state index < -0.39 is 30.5 Å². The molecule has 0 unspecified atom stereocenters. The molecule has 0 spiro atoms. The highest BCUT2D eigenvalue weighted by molar-refractivity contribution is 7.19. The van der Waals surface area contributed by atoms with Crippen LogP contribution in [0.1, 0.15) is 39.2 Å². The lowest BCUT2D eigenvalue weighted by atomic mass is 9.43. The summed E-state index contributed by atoms with van der Waals surface area (Å²) < 4.78 is 19.2. The van der Waals surface area contributed by atoms with Gasteiger partial charge >= 0.3 is 18.9 Å². The molecule has 2 N–H and O–H groups in total. The van der Waals surface area contributed by atoms with E-state index in [0.717, 1.165) is 40.7 Å². The molecule has 2 amide bonds. The Kier molecular flexibility index (Phi) is 5.71. The van der Waals surface area contributed by atoms with Gasteiger partial charge in [-0.1, -0.05) is 55.0 Å². The minimum absolute atomic E-state index is 0.0499. The molecule has 7 rings (SSSR count). The normalized spacial score (nSPS) is 28.9. The molecule has 188 valence electrons. The Morgan fingerprint density at radius 1 is 1.25 bits per heavy atom. The van der Waals surface area contributed by atoms with Gasteiger partial charge in [0, 0.05) is 5.39 Å². The summed E-state index contributed by atoms with van der Waals surface area (Å²) in [6, 6.07) is 7.72. The summed E-state index contributed by atoms with van der Waals surface area (Å²) in [5, 5.41) is 6.57. The standard InChI is InChI=1S/C25H27BClN3O5S/c1-24(2)14-9-17(24)25(3)18(10-14)34-26(35-25)19(8-13-12-33-16-7-5-4-6-15(13)16)29-21(31)22(32)30-23-28-11-20(27)36-23/h4-7,11-12,14,17-19H,8-10H2,1-3H3,(H,29,31)(H,28,30,32)/t14-,17-,18+,19-,25-/m0/s1. The largest absolute Gasteiger partial charge is 0.482 e. The van der Waals surface area contributed by atoms with Crippen molar-refractivity contribution >= 4 is 58.0 Å². The molecule has 3 heterocycles. The van der Waals surface area contributed by atoms with Gasteiger partial charge in [0.15, 0.2) is 5.13 Å². The molecule has 1 aliphatic heterocycles. The Balaban J connectivity index is 1.25. The van der Waals surface area contributed by atoms with Crippen molar-refractivity contribution in [3.63, 3.8) is 0 Å². The molecule has 8 nitrogen and oxygen atoms in total. The van der Waals surface area contributed by atoms with Gasteiger partial charge in [-0.25, -0.2) is 4.98 Å². The van der Waals surface area contributed by atoms with Gasteiger partial charge in [0.1, 0.15) is 9.92 Å². The summed E-state index contributed by atoms with van der Waals surface area (Å²) in [6.45, 7) is 6.73. The van der Waals surface area contributed by atoms with Gasteiger partial charge in [0.05, 0.1) is 30.1 Å². The number of thiazole rings is 1. The molecular weight excluding hydrogens is 501 g/mol. The van der Waals surface area contributed by atoms with Crippen LogP contribution in [0.3, 0.4) is 0 Å². The summed E-state index contributed by atoms with van der Waals surface area (Å²) in [4.78, 5) is 29.6. The summed E-state index contributed by atoms with van der Waals surface area (Å²) >= 11 is 6.97. The number of amides is 2. The Bertz CT molecular complexity index is 1340. The molecule has 0 radical (unpaired) electrons. The predicted octanol–water partition coefficient (Wildman–Crippen LogP) is 4.48. The Morgan fingerprint density at radius 2 is 2.06 bits per heavy atom. The van der Waals surface area contributed by atoms with E-state index in [4.69, 9.17) is 25.3 Å². The number of halogens is 1. The monoisotopic (exact) mass is 527 g/mol. The second-order valence-corrected chi connectivity index (χ2v) is 12.5. The second kappa shape index (κ2) is 8.58. The summed E-state index contributed by atoms with van der Waals surface area (Å²) in [5.41, 5.74) is 1.41. The first kappa shape index (κ1) is 24.0. The van der Waals surface area contributed by atoms with E-state index in [0.29, 0.717) is 22.6 Å². The van der Waals surface area contributed by atoms with Gasteiger partial charge in [-0.15, -0.1) is 0 Å². The van der Waals surface area contributed by atoms with E-state index >= 15 is 0 Å². The van der Waals surface area contributed by atoms with Crippen LogP contribution in [0, 0.1) is 17.3 Å². The molecule has 3 aliphatic carbocycles. The molecular formula is C25H27BClN3O5S. The van der Waals surface area contributed by atoms with E-state index in [2.05, 4.69) is 36.4 Å². The predicted molar refractivity (Wildman–Crippen MR) is 138 cm³/mol. The van der Waals surface area contributed by atoms with Crippen LogP contribution in [-0.4, -0.2) is 41.6 Å². The first-order valence-corrected chi connectivity index (χ1v) is 13.4. The Hall–Kier alpha value is -2.40. The van der Waals surface area contributed by atoms with Crippen molar-refractivity contribution in [2.75, 3.05) is 5.32 Å². The van der Waals surface area contributed by atoms with Gasteiger partial charge in [-0.05, 0) is 55.1 Å². The highest BCUT2D eigenvalue weighted by Gasteiger charge is 2.68. The minimum atomic E-state index is -0.826. The van der Waals surface area contributed by atoms with Gasteiger partial charge in [0.2, 0.25) is 0 Å². The van der Waals surface area contributed by atoms with Gasteiger partial charge < -0.3 is 19.0 Å². The van der Waals surface area contributed by atoms with Crippen molar-refractivity contribution in [1.29, 1.82) is 0 Å². The maximum atomic E-state index is 13.0.